The lowest BCUT2D eigenvalue weighted by Gasteiger charge is -2.26. The molecule has 0 radical (unpaired) electrons. The molecule has 1 fully saturated rings. The summed E-state index contributed by atoms with van der Waals surface area (Å²) in [5.74, 6) is 0.890. The molecular formula is C18H24N4O3S2. The minimum absolute atomic E-state index is 0.0515. The standard InChI is InChI=1S/C18H24N4O3S2/c1-4-22-16(14-8-6-5-7-9-14)19-20-18(22)26-13(2)17(23)21(3)15-10-11-27(24,25)12-15/h5-9,13,15H,4,10-12H2,1-3H3/t13-,15+/m0/s1. The van der Waals surface area contributed by atoms with Crippen LogP contribution in [0.25, 0.3) is 11.4 Å². The van der Waals surface area contributed by atoms with E-state index < -0.39 is 9.84 Å². The topological polar surface area (TPSA) is 85.2 Å². The van der Waals surface area contributed by atoms with E-state index in [4.69, 9.17) is 0 Å². The van der Waals surface area contributed by atoms with E-state index in [0.29, 0.717) is 18.1 Å². The number of carbonyl (C=O) groups excluding carboxylic acids is 1. The molecule has 1 saturated heterocycles. The van der Waals surface area contributed by atoms with Gasteiger partial charge in [0.15, 0.2) is 20.8 Å². The minimum Gasteiger partial charge on any atom is -0.341 e. The number of hydrogen-bond acceptors (Lipinski definition) is 6. The highest BCUT2D eigenvalue weighted by Gasteiger charge is 2.34. The molecule has 0 unspecified atom stereocenters. The first-order chi connectivity index (χ1) is 12.8. The predicted octanol–water partition coefficient (Wildman–Crippen LogP) is 2.09. The quantitative estimate of drug-likeness (QED) is 0.681. The van der Waals surface area contributed by atoms with Crippen LogP contribution in [0, 0.1) is 0 Å². The summed E-state index contributed by atoms with van der Waals surface area (Å²) in [4.78, 5) is 14.4. The van der Waals surface area contributed by atoms with Crippen LogP contribution in [0.3, 0.4) is 0 Å². The Bertz CT molecular complexity index is 912. The van der Waals surface area contributed by atoms with Crippen molar-refractivity contribution in [3.63, 3.8) is 0 Å². The summed E-state index contributed by atoms with van der Waals surface area (Å²) in [5, 5.41) is 8.88. The highest BCUT2D eigenvalue weighted by Crippen LogP contribution is 2.28. The first kappa shape index (κ1) is 19.9. The average Bonchev–Trinajstić information content (AvgIpc) is 3.23. The van der Waals surface area contributed by atoms with Crippen LogP contribution in [0.15, 0.2) is 35.5 Å². The van der Waals surface area contributed by atoms with Crippen LogP contribution < -0.4 is 0 Å². The van der Waals surface area contributed by atoms with E-state index in [1.807, 2.05) is 48.7 Å². The van der Waals surface area contributed by atoms with Gasteiger partial charge in [-0.3, -0.25) is 4.79 Å². The van der Waals surface area contributed by atoms with E-state index in [1.54, 1.807) is 11.9 Å². The summed E-state index contributed by atoms with van der Waals surface area (Å²) < 4.78 is 25.4. The fraction of sp³-hybridized carbons (Fsp3) is 0.500. The second kappa shape index (κ2) is 8.02. The fourth-order valence-corrected chi connectivity index (χ4v) is 6.01. The molecule has 1 aromatic heterocycles. The van der Waals surface area contributed by atoms with Gasteiger partial charge in [-0.2, -0.15) is 0 Å². The van der Waals surface area contributed by atoms with Gasteiger partial charge in [-0.25, -0.2) is 8.42 Å². The molecule has 1 aromatic carbocycles. The van der Waals surface area contributed by atoms with Crippen molar-refractivity contribution >= 4 is 27.5 Å². The van der Waals surface area contributed by atoms with Crippen LogP contribution in [-0.4, -0.2) is 63.8 Å². The maximum Gasteiger partial charge on any atom is 0.235 e. The average molecular weight is 409 g/mol. The second-order valence-electron chi connectivity index (χ2n) is 6.68. The molecule has 7 nitrogen and oxygen atoms in total. The highest BCUT2D eigenvalue weighted by atomic mass is 32.2. The first-order valence-corrected chi connectivity index (χ1v) is 11.6. The van der Waals surface area contributed by atoms with E-state index in [2.05, 4.69) is 10.2 Å². The number of thioether (sulfide) groups is 1. The van der Waals surface area contributed by atoms with Crippen molar-refractivity contribution in [2.75, 3.05) is 18.6 Å². The van der Waals surface area contributed by atoms with Gasteiger partial charge in [-0.15, -0.1) is 10.2 Å². The second-order valence-corrected chi connectivity index (χ2v) is 10.2. The van der Waals surface area contributed by atoms with E-state index >= 15 is 0 Å². The molecule has 1 aliphatic heterocycles. The number of sulfone groups is 1. The Hall–Kier alpha value is -1.87. The Kier molecular flexibility index (Phi) is 5.90. The Labute approximate surface area is 164 Å². The molecule has 0 N–H and O–H groups in total. The van der Waals surface area contributed by atoms with Gasteiger partial charge in [-0.1, -0.05) is 42.1 Å². The van der Waals surface area contributed by atoms with E-state index in [-0.39, 0.29) is 28.7 Å². The van der Waals surface area contributed by atoms with Crippen molar-refractivity contribution < 1.29 is 13.2 Å². The van der Waals surface area contributed by atoms with Gasteiger partial charge in [-0.05, 0) is 20.3 Å². The molecule has 9 heteroatoms. The van der Waals surface area contributed by atoms with Gasteiger partial charge in [0.1, 0.15) is 0 Å². The maximum atomic E-state index is 12.8. The maximum absolute atomic E-state index is 12.8. The third kappa shape index (κ3) is 4.35. The van der Waals surface area contributed by atoms with Gasteiger partial charge in [0, 0.05) is 25.2 Å². The normalized spacial score (nSPS) is 19.7. The van der Waals surface area contributed by atoms with Gasteiger partial charge < -0.3 is 9.47 Å². The molecule has 3 rings (SSSR count). The molecule has 1 amide bonds. The smallest absolute Gasteiger partial charge is 0.235 e. The summed E-state index contributed by atoms with van der Waals surface area (Å²) in [6, 6.07) is 9.57. The van der Waals surface area contributed by atoms with Crippen molar-refractivity contribution in [2.45, 2.75) is 43.3 Å². The number of hydrogen-bond donors (Lipinski definition) is 0. The lowest BCUT2D eigenvalue weighted by Crippen LogP contribution is -2.41. The summed E-state index contributed by atoms with van der Waals surface area (Å²) in [5.41, 5.74) is 0.978. The third-order valence-corrected chi connectivity index (χ3v) is 7.62. The van der Waals surface area contributed by atoms with Crippen molar-refractivity contribution in [1.29, 1.82) is 0 Å². The Morgan fingerprint density at radius 2 is 2.04 bits per heavy atom. The molecular weight excluding hydrogens is 384 g/mol. The van der Waals surface area contributed by atoms with Crippen molar-refractivity contribution in [2.24, 2.45) is 0 Å². The van der Waals surface area contributed by atoms with Crippen LogP contribution in [0.2, 0.25) is 0 Å². The Morgan fingerprint density at radius 1 is 1.33 bits per heavy atom. The number of benzene rings is 1. The van der Waals surface area contributed by atoms with Gasteiger partial charge >= 0.3 is 0 Å². The van der Waals surface area contributed by atoms with Gasteiger partial charge in [0.2, 0.25) is 5.91 Å². The van der Waals surface area contributed by atoms with Crippen LogP contribution in [0.5, 0.6) is 0 Å². The number of nitrogens with zero attached hydrogens (tertiary/aromatic N) is 4. The first-order valence-electron chi connectivity index (χ1n) is 8.94. The highest BCUT2D eigenvalue weighted by molar-refractivity contribution is 8.00. The number of amides is 1. The zero-order valence-corrected chi connectivity index (χ0v) is 17.3. The molecule has 2 heterocycles. The molecule has 0 spiro atoms. The predicted molar refractivity (Wildman–Crippen MR) is 106 cm³/mol. The minimum atomic E-state index is -3.02. The zero-order chi connectivity index (χ0) is 19.6. The van der Waals surface area contributed by atoms with Crippen molar-refractivity contribution in [3.05, 3.63) is 30.3 Å². The summed E-state index contributed by atoms with van der Waals surface area (Å²) in [6.45, 7) is 4.53. The summed E-state index contributed by atoms with van der Waals surface area (Å²) in [6.07, 6.45) is 0.505. The van der Waals surface area contributed by atoms with Gasteiger partial charge in [0.05, 0.1) is 16.8 Å². The van der Waals surface area contributed by atoms with E-state index in [0.717, 1.165) is 11.4 Å². The number of aromatic nitrogens is 3. The Balaban J connectivity index is 1.73. The zero-order valence-electron chi connectivity index (χ0n) is 15.7. The molecule has 0 saturated carbocycles. The molecule has 0 aliphatic carbocycles. The monoisotopic (exact) mass is 408 g/mol. The molecule has 27 heavy (non-hydrogen) atoms. The van der Waals surface area contributed by atoms with Crippen LogP contribution in [-0.2, 0) is 21.2 Å². The van der Waals surface area contributed by atoms with Crippen molar-refractivity contribution in [1.82, 2.24) is 19.7 Å². The summed E-state index contributed by atoms with van der Waals surface area (Å²) >= 11 is 1.35. The molecule has 2 aromatic rings. The molecule has 0 bridgehead atoms. The van der Waals surface area contributed by atoms with Crippen LogP contribution in [0.1, 0.15) is 20.3 Å². The molecule has 2 atom stereocenters. The van der Waals surface area contributed by atoms with Gasteiger partial charge in [0.25, 0.3) is 0 Å². The van der Waals surface area contributed by atoms with Crippen LogP contribution in [0.4, 0.5) is 0 Å². The molecule has 1 aliphatic rings. The van der Waals surface area contributed by atoms with Crippen LogP contribution >= 0.6 is 11.8 Å². The lowest BCUT2D eigenvalue weighted by atomic mass is 10.2. The van der Waals surface area contributed by atoms with E-state index in [9.17, 15) is 13.2 Å². The summed E-state index contributed by atoms with van der Waals surface area (Å²) in [7, 11) is -1.34. The van der Waals surface area contributed by atoms with Crippen molar-refractivity contribution in [3.8, 4) is 11.4 Å². The molecule has 146 valence electrons. The number of rotatable bonds is 6. The SMILES string of the molecule is CCn1c(S[C@@H](C)C(=O)N(C)[C@@H]2CCS(=O)(=O)C2)nnc1-c1ccccc1. The third-order valence-electron chi connectivity index (χ3n) is 4.80. The fourth-order valence-electron chi connectivity index (χ4n) is 3.22. The van der Waals surface area contributed by atoms with E-state index in [1.165, 1.54) is 11.8 Å². The Morgan fingerprint density at radius 3 is 2.63 bits per heavy atom. The largest absolute Gasteiger partial charge is 0.341 e. The lowest BCUT2D eigenvalue weighted by molar-refractivity contribution is -0.130. The number of carbonyl (C=O) groups is 1.